The number of hydrogen-bond acceptors (Lipinski definition) is 5. The molecule has 0 radical (unpaired) electrons. The Balaban J connectivity index is 2.11. The van der Waals surface area contributed by atoms with Crippen LogP contribution >= 0.6 is 0 Å². The summed E-state index contributed by atoms with van der Waals surface area (Å²) in [5.41, 5.74) is 1.02. The summed E-state index contributed by atoms with van der Waals surface area (Å²) in [5, 5.41) is 19.2. The Morgan fingerprint density at radius 2 is 2.00 bits per heavy atom. The SMILES string of the molecule is Cc1ccc(C(=O)OCc2ccccn2)c(O)c1O. The molecule has 0 amide bonds. The molecule has 0 aliphatic carbocycles. The van der Waals surface area contributed by atoms with Crippen LogP contribution in [0, 0.1) is 6.92 Å². The number of aryl methyl sites for hydroxylation is 1. The first-order valence-electron chi connectivity index (χ1n) is 5.68. The number of phenolic OH excluding ortho intramolecular Hbond substituents is 2. The molecule has 0 unspecified atom stereocenters. The van der Waals surface area contributed by atoms with Crippen molar-refractivity contribution in [1.82, 2.24) is 4.98 Å². The Kier molecular flexibility index (Phi) is 3.66. The smallest absolute Gasteiger partial charge is 0.342 e. The Morgan fingerprint density at radius 3 is 2.68 bits per heavy atom. The highest BCUT2D eigenvalue weighted by Crippen LogP contribution is 2.32. The highest BCUT2D eigenvalue weighted by molar-refractivity contribution is 5.93. The van der Waals surface area contributed by atoms with E-state index in [1.54, 1.807) is 31.3 Å². The summed E-state index contributed by atoms with van der Waals surface area (Å²) in [6.07, 6.45) is 1.60. The van der Waals surface area contributed by atoms with E-state index in [0.29, 0.717) is 11.3 Å². The lowest BCUT2D eigenvalue weighted by molar-refractivity contribution is 0.0463. The van der Waals surface area contributed by atoms with Crippen molar-refractivity contribution in [3.63, 3.8) is 0 Å². The number of aromatic hydroxyl groups is 2. The second-order valence-electron chi connectivity index (χ2n) is 4.02. The molecule has 0 saturated heterocycles. The van der Waals surface area contributed by atoms with Gasteiger partial charge in [-0.3, -0.25) is 4.98 Å². The number of pyridine rings is 1. The number of phenols is 2. The van der Waals surface area contributed by atoms with Crippen LogP contribution in [0.25, 0.3) is 0 Å². The van der Waals surface area contributed by atoms with Crippen LogP contribution < -0.4 is 0 Å². The van der Waals surface area contributed by atoms with Crippen molar-refractivity contribution in [3.8, 4) is 11.5 Å². The number of ether oxygens (including phenoxy) is 1. The zero-order valence-corrected chi connectivity index (χ0v) is 10.3. The topological polar surface area (TPSA) is 79.7 Å². The number of rotatable bonds is 3. The maximum Gasteiger partial charge on any atom is 0.342 e. The van der Waals surface area contributed by atoms with Gasteiger partial charge in [0.15, 0.2) is 11.5 Å². The first-order valence-corrected chi connectivity index (χ1v) is 5.68. The molecular weight excluding hydrogens is 246 g/mol. The summed E-state index contributed by atoms with van der Waals surface area (Å²) >= 11 is 0. The molecule has 98 valence electrons. The van der Waals surface area contributed by atoms with Gasteiger partial charge >= 0.3 is 5.97 Å². The zero-order valence-electron chi connectivity index (χ0n) is 10.3. The van der Waals surface area contributed by atoms with Crippen molar-refractivity contribution >= 4 is 5.97 Å². The number of aromatic nitrogens is 1. The summed E-state index contributed by atoms with van der Waals surface area (Å²) in [4.78, 5) is 15.8. The van der Waals surface area contributed by atoms with Gasteiger partial charge in [0.05, 0.1) is 5.69 Å². The molecule has 0 spiro atoms. The molecule has 2 aromatic rings. The van der Waals surface area contributed by atoms with E-state index in [1.165, 1.54) is 12.1 Å². The number of carbonyl (C=O) groups excluding carboxylic acids is 1. The number of esters is 1. The van der Waals surface area contributed by atoms with Gasteiger partial charge in [0.1, 0.15) is 12.2 Å². The summed E-state index contributed by atoms with van der Waals surface area (Å²) in [5.74, 6) is -1.49. The van der Waals surface area contributed by atoms with Crippen molar-refractivity contribution in [2.75, 3.05) is 0 Å². The molecule has 0 fully saturated rings. The average molecular weight is 259 g/mol. The van der Waals surface area contributed by atoms with E-state index < -0.39 is 11.7 Å². The summed E-state index contributed by atoms with van der Waals surface area (Å²) < 4.78 is 5.02. The normalized spacial score (nSPS) is 10.2. The molecule has 0 bridgehead atoms. The van der Waals surface area contributed by atoms with Crippen LogP contribution in [0.3, 0.4) is 0 Å². The van der Waals surface area contributed by atoms with Crippen molar-refractivity contribution in [2.45, 2.75) is 13.5 Å². The van der Waals surface area contributed by atoms with Crippen LogP contribution in [-0.2, 0) is 11.3 Å². The lowest BCUT2D eigenvalue weighted by Crippen LogP contribution is -2.06. The minimum absolute atomic E-state index is 0.00769. The maximum atomic E-state index is 11.8. The van der Waals surface area contributed by atoms with Gasteiger partial charge in [-0.1, -0.05) is 12.1 Å². The number of carbonyl (C=O) groups is 1. The number of nitrogens with zero attached hydrogens (tertiary/aromatic N) is 1. The van der Waals surface area contributed by atoms with E-state index >= 15 is 0 Å². The third-order valence-electron chi connectivity index (χ3n) is 2.65. The minimum Gasteiger partial charge on any atom is -0.504 e. The highest BCUT2D eigenvalue weighted by Gasteiger charge is 2.17. The van der Waals surface area contributed by atoms with Gasteiger partial charge in [0.2, 0.25) is 0 Å². The largest absolute Gasteiger partial charge is 0.504 e. The molecule has 2 N–H and O–H groups in total. The van der Waals surface area contributed by atoms with Crippen LogP contribution in [0.15, 0.2) is 36.5 Å². The molecule has 0 aliphatic heterocycles. The zero-order chi connectivity index (χ0) is 13.8. The molecule has 1 aromatic heterocycles. The molecule has 5 nitrogen and oxygen atoms in total. The van der Waals surface area contributed by atoms with Crippen molar-refractivity contribution < 1.29 is 19.7 Å². The van der Waals surface area contributed by atoms with Gasteiger partial charge < -0.3 is 14.9 Å². The first kappa shape index (κ1) is 12.9. The molecular formula is C14H13NO4. The van der Waals surface area contributed by atoms with E-state index in [-0.39, 0.29) is 17.9 Å². The van der Waals surface area contributed by atoms with E-state index in [4.69, 9.17) is 4.74 Å². The molecule has 0 saturated carbocycles. The summed E-state index contributed by atoms with van der Waals surface area (Å²) in [6.45, 7) is 1.63. The fourth-order valence-electron chi connectivity index (χ4n) is 1.55. The van der Waals surface area contributed by atoms with Crippen LogP contribution in [0.4, 0.5) is 0 Å². The van der Waals surface area contributed by atoms with Crippen LogP contribution in [0.2, 0.25) is 0 Å². The van der Waals surface area contributed by atoms with Crippen molar-refractivity contribution in [3.05, 3.63) is 53.3 Å². The third kappa shape index (κ3) is 2.82. The van der Waals surface area contributed by atoms with Crippen molar-refractivity contribution in [2.24, 2.45) is 0 Å². The summed E-state index contributed by atoms with van der Waals surface area (Å²) in [6, 6.07) is 8.21. The maximum absolute atomic E-state index is 11.8. The fourth-order valence-corrected chi connectivity index (χ4v) is 1.55. The molecule has 1 heterocycles. The fraction of sp³-hybridized carbons (Fsp3) is 0.143. The van der Waals surface area contributed by atoms with Gasteiger partial charge in [0.25, 0.3) is 0 Å². The Hall–Kier alpha value is -2.56. The predicted molar refractivity (Wildman–Crippen MR) is 67.9 cm³/mol. The number of hydrogen-bond donors (Lipinski definition) is 2. The second-order valence-corrected chi connectivity index (χ2v) is 4.02. The number of benzene rings is 1. The third-order valence-corrected chi connectivity index (χ3v) is 2.65. The molecule has 5 heteroatoms. The van der Waals surface area contributed by atoms with Gasteiger partial charge in [-0.2, -0.15) is 0 Å². The Bertz CT molecular complexity index is 596. The van der Waals surface area contributed by atoms with Gasteiger partial charge in [-0.25, -0.2) is 4.79 Å². The molecule has 1 aromatic carbocycles. The minimum atomic E-state index is -0.710. The highest BCUT2D eigenvalue weighted by atomic mass is 16.5. The van der Waals surface area contributed by atoms with E-state index in [9.17, 15) is 15.0 Å². The van der Waals surface area contributed by atoms with Gasteiger partial charge in [-0.15, -0.1) is 0 Å². The standard InChI is InChI=1S/C14H13NO4/c1-9-5-6-11(13(17)12(9)16)14(18)19-8-10-4-2-3-7-15-10/h2-7,16-17H,8H2,1H3. The van der Waals surface area contributed by atoms with E-state index in [0.717, 1.165) is 0 Å². The lowest BCUT2D eigenvalue weighted by Gasteiger charge is -2.08. The predicted octanol–water partition coefficient (Wildman–Crippen LogP) is 2.16. The molecule has 19 heavy (non-hydrogen) atoms. The second kappa shape index (κ2) is 5.39. The quantitative estimate of drug-likeness (QED) is 0.652. The van der Waals surface area contributed by atoms with Crippen LogP contribution in [0.1, 0.15) is 21.6 Å². The van der Waals surface area contributed by atoms with Crippen molar-refractivity contribution in [1.29, 1.82) is 0 Å². The Morgan fingerprint density at radius 1 is 1.21 bits per heavy atom. The Labute approximate surface area is 110 Å². The summed E-state index contributed by atoms with van der Waals surface area (Å²) in [7, 11) is 0. The molecule has 0 atom stereocenters. The molecule has 0 aliphatic rings. The van der Waals surface area contributed by atoms with E-state index in [2.05, 4.69) is 4.98 Å². The van der Waals surface area contributed by atoms with Gasteiger partial charge in [0, 0.05) is 6.20 Å². The average Bonchev–Trinajstić information content (AvgIpc) is 2.43. The van der Waals surface area contributed by atoms with Crippen LogP contribution in [0.5, 0.6) is 11.5 Å². The van der Waals surface area contributed by atoms with E-state index in [1.807, 2.05) is 0 Å². The van der Waals surface area contributed by atoms with Crippen LogP contribution in [-0.4, -0.2) is 21.2 Å². The van der Waals surface area contributed by atoms with Gasteiger partial charge in [-0.05, 0) is 30.7 Å². The lowest BCUT2D eigenvalue weighted by atomic mass is 10.1. The monoisotopic (exact) mass is 259 g/mol. The molecule has 2 rings (SSSR count). The first-order chi connectivity index (χ1) is 9.09.